The average molecular weight is 170 g/mol. The molecule has 1 unspecified atom stereocenters. The second kappa shape index (κ2) is 3.78. The smallest absolute Gasteiger partial charge is 0.317 e. The molecule has 0 spiro atoms. The summed E-state index contributed by atoms with van der Waals surface area (Å²) in [5, 5.41) is 2.89. The molecule has 1 atom stereocenters. The van der Waals surface area contributed by atoms with Crippen molar-refractivity contribution < 1.29 is 4.79 Å². The van der Waals surface area contributed by atoms with Crippen LogP contribution >= 0.6 is 0 Å². The van der Waals surface area contributed by atoms with Crippen LogP contribution in [0.25, 0.3) is 0 Å². The van der Waals surface area contributed by atoms with E-state index in [1.807, 2.05) is 18.7 Å². The van der Waals surface area contributed by atoms with Crippen molar-refractivity contribution in [2.24, 2.45) is 5.92 Å². The van der Waals surface area contributed by atoms with Crippen LogP contribution in [0.2, 0.25) is 0 Å². The molecule has 3 nitrogen and oxygen atoms in total. The van der Waals surface area contributed by atoms with Gasteiger partial charge in [-0.05, 0) is 26.2 Å². The number of carbonyl (C=O) groups is 1. The van der Waals surface area contributed by atoms with E-state index in [9.17, 15) is 4.79 Å². The van der Waals surface area contributed by atoms with Crippen molar-refractivity contribution in [2.75, 3.05) is 13.1 Å². The van der Waals surface area contributed by atoms with Crippen molar-refractivity contribution in [1.29, 1.82) is 0 Å². The van der Waals surface area contributed by atoms with Gasteiger partial charge in [-0.25, -0.2) is 4.79 Å². The van der Waals surface area contributed by atoms with Crippen molar-refractivity contribution in [2.45, 2.75) is 33.2 Å². The summed E-state index contributed by atoms with van der Waals surface area (Å²) in [5.74, 6) is 0.669. The van der Waals surface area contributed by atoms with Gasteiger partial charge in [0.1, 0.15) is 0 Å². The van der Waals surface area contributed by atoms with Gasteiger partial charge in [-0.1, -0.05) is 6.92 Å². The van der Waals surface area contributed by atoms with E-state index in [4.69, 9.17) is 0 Å². The van der Waals surface area contributed by atoms with Crippen LogP contribution in [-0.2, 0) is 0 Å². The van der Waals surface area contributed by atoms with Crippen molar-refractivity contribution in [3.63, 3.8) is 0 Å². The fourth-order valence-corrected chi connectivity index (χ4v) is 1.46. The standard InChI is InChI=1S/C9H18N2O/c1-7(2)10-9(12)11-5-4-8(3)6-11/h7-8H,4-6H2,1-3H3,(H,10,12). The van der Waals surface area contributed by atoms with Gasteiger partial charge in [0.05, 0.1) is 0 Å². The number of nitrogens with zero attached hydrogens (tertiary/aromatic N) is 1. The Kier molecular flexibility index (Phi) is 2.95. The zero-order valence-corrected chi connectivity index (χ0v) is 8.13. The zero-order chi connectivity index (χ0) is 9.14. The Morgan fingerprint density at radius 3 is 2.67 bits per heavy atom. The fourth-order valence-electron chi connectivity index (χ4n) is 1.46. The molecule has 0 aromatic rings. The average Bonchev–Trinajstić information content (AvgIpc) is 2.34. The highest BCUT2D eigenvalue weighted by molar-refractivity contribution is 5.74. The van der Waals surface area contributed by atoms with E-state index in [0.717, 1.165) is 19.5 Å². The number of carbonyl (C=O) groups excluding carboxylic acids is 1. The highest BCUT2D eigenvalue weighted by Crippen LogP contribution is 2.14. The highest BCUT2D eigenvalue weighted by Gasteiger charge is 2.22. The Morgan fingerprint density at radius 2 is 2.25 bits per heavy atom. The van der Waals surface area contributed by atoms with E-state index < -0.39 is 0 Å². The molecule has 12 heavy (non-hydrogen) atoms. The van der Waals surface area contributed by atoms with Gasteiger partial charge in [-0.3, -0.25) is 0 Å². The van der Waals surface area contributed by atoms with Crippen LogP contribution in [-0.4, -0.2) is 30.1 Å². The third kappa shape index (κ3) is 2.40. The molecule has 1 aliphatic heterocycles. The zero-order valence-electron chi connectivity index (χ0n) is 8.13. The Balaban J connectivity index is 2.33. The van der Waals surface area contributed by atoms with E-state index >= 15 is 0 Å². The molecule has 70 valence electrons. The molecule has 2 amide bonds. The summed E-state index contributed by atoms with van der Waals surface area (Å²) in [5.41, 5.74) is 0. The molecule has 0 aromatic heterocycles. The summed E-state index contributed by atoms with van der Waals surface area (Å²) >= 11 is 0. The Bertz CT molecular complexity index is 168. The van der Waals surface area contributed by atoms with Crippen LogP contribution in [0.15, 0.2) is 0 Å². The summed E-state index contributed by atoms with van der Waals surface area (Å²) in [7, 11) is 0. The van der Waals surface area contributed by atoms with Gasteiger partial charge in [-0.15, -0.1) is 0 Å². The lowest BCUT2D eigenvalue weighted by Crippen LogP contribution is -2.41. The second-order valence-corrected chi connectivity index (χ2v) is 3.94. The van der Waals surface area contributed by atoms with E-state index in [1.165, 1.54) is 0 Å². The second-order valence-electron chi connectivity index (χ2n) is 3.94. The summed E-state index contributed by atoms with van der Waals surface area (Å²) in [6.07, 6.45) is 1.14. The van der Waals surface area contributed by atoms with Crippen molar-refractivity contribution >= 4 is 6.03 Å². The molecular weight excluding hydrogens is 152 g/mol. The van der Waals surface area contributed by atoms with Crippen LogP contribution in [0.1, 0.15) is 27.2 Å². The summed E-state index contributed by atoms with van der Waals surface area (Å²) in [6.45, 7) is 7.98. The quantitative estimate of drug-likeness (QED) is 0.634. The number of urea groups is 1. The highest BCUT2D eigenvalue weighted by atomic mass is 16.2. The molecule has 0 aliphatic carbocycles. The fraction of sp³-hybridized carbons (Fsp3) is 0.889. The molecule has 0 radical (unpaired) electrons. The third-order valence-corrected chi connectivity index (χ3v) is 2.12. The summed E-state index contributed by atoms with van der Waals surface area (Å²) < 4.78 is 0. The monoisotopic (exact) mass is 170 g/mol. The first-order chi connectivity index (χ1) is 5.59. The first-order valence-electron chi connectivity index (χ1n) is 4.65. The molecule has 1 heterocycles. The maximum Gasteiger partial charge on any atom is 0.317 e. The van der Waals surface area contributed by atoms with Gasteiger partial charge < -0.3 is 10.2 Å². The number of likely N-dealkylation sites (tertiary alicyclic amines) is 1. The molecule has 0 aromatic carbocycles. The van der Waals surface area contributed by atoms with Crippen molar-refractivity contribution in [1.82, 2.24) is 10.2 Å². The van der Waals surface area contributed by atoms with Gasteiger partial charge in [0.25, 0.3) is 0 Å². The number of hydrogen-bond acceptors (Lipinski definition) is 1. The minimum absolute atomic E-state index is 0.0920. The molecule has 1 fully saturated rings. The number of nitrogens with one attached hydrogen (secondary N) is 1. The van der Waals surface area contributed by atoms with Crippen LogP contribution in [0.4, 0.5) is 4.79 Å². The van der Waals surface area contributed by atoms with Gasteiger partial charge in [0.2, 0.25) is 0 Å². The summed E-state index contributed by atoms with van der Waals surface area (Å²) in [6, 6.07) is 0.336. The maximum absolute atomic E-state index is 11.4. The first-order valence-corrected chi connectivity index (χ1v) is 4.65. The van der Waals surface area contributed by atoms with Gasteiger partial charge in [0, 0.05) is 19.1 Å². The minimum Gasteiger partial charge on any atom is -0.336 e. The van der Waals surface area contributed by atoms with E-state index in [-0.39, 0.29) is 12.1 Å². The van der Waals surface area contributed by atoms with E-state index in [1.54, 1.807) is 0 Å². The number of amides is 2. The Labute approximate surface area is 74.1 Å². The predicted octanol–water partition coefficient (Wildman–Crippen LogP) is 1.45. The van der Waals surface area contributed by atoms with Crippen LogP contribution in [0, 0.1) is 5.92 Å². The molecule has 1 aliphatic rings. The van der Waals surface area contributed by atoms with E-state index in [0.29, 0.717) is 5.92 Å². The largest absolute Gasteiger partial charge is 0.336 e. The molecule has 1 saturated heterocycles. The number of rotatable bonds is 1. The molecule has 3 heteroatoms. The third-order valence-electron chi connectivity index (χ3n) is 2.12. The molecule has 0 saturated carbocycles. The SMILES string of the molecule is CC1CCN(C(=O)NC(C)C)C1. The summed E-state index contributed by atoms with van der Waals surface area (Å²) in [4.78, 5) is 13.3. The lowest BCUT2D eigenvalue weighted by Gasteiger charge is -2.18. The normalized spacial score (nSPS) is 23.3. The van der Waals surface area contributed by atoms with Gasteiger partial charge in [-0.2, -0.15) is 0 Å². The van der Waals surface area contributed by atoms with Crippen molar-refractivity contribution in [3.8, 4) is 0 Å². The Hall–Kier alpha value is -0.730. The van der Waals surface area contributed by atoms with Crippen molar-refractivity contribution in [3.05, 3.63) is 0 Å². The van der Waals surface area contributed by atoms with Crippen LogP contribution in [0.5, 0.6) is 0 Å². The van der Waals surface area contributed by atoms with Gasteiger partial charge >= 0.3 is 6.03 Å². The molecule has 0 bridgehead atoms. The molecular formula is C9H18N2O. The van der Waals surface area contributed by atoms with Crippen LogP contribution < -0.4 is 5.32 Å². The minimum atomic E-state index is 0.0920. The lowest BCUT2D eigenvalue weighted by molar-refractivity contribution is 0.205. The molecule has 1 N–H and O–H groups in total. The topological polar surface area (TPSA) is 32.3 Å². The Morgan fingerprint density at radius 1 is 1.58 bits per heavy atom. The predicted molar refractivity (Wildman–Crippen MR) is 49.0 cm³/mol. The first kappa shape index (κ1) is 9.36. The number of hydrogen-bond donors (Lipinski definition) is 1. The maximum atomic E-state index is 11.4. The van der Waals surface area contributed by atoms with E-state index in [2.05, 4.69) is 12.2 Å². The van der Waals surface area contributed by atoms with Crippen LogP contribution in [0.3, 0.4) is 0 Å². The molecule has 1 rings (SSSR count). The van der Waals surface area contributed by atoms with Gasteiger partial charge in [0.15, 0.2) is 0 Å². The lowest BCUT2D eigenvalue weighted by atomic mass is 10.2.